The number of rotatable bonds is 4. The molecule has 0 aliphatic carbocycles. The molecule has 1 aromatic rings. The Bertz CT molecular complexity index is 582. The Balaban J connectivity index is 2.09. The van der Waals surface area contributed by atoms with E-state index >= 15 is 0 Å². The zero-order valence-electron chi connectivity index (χ0n) is 14.0. The average Bonchev–Trinajstić information content (AvgIpc) is 2.47. The standard InChI is InChI=1S/C17H28N2O2S/c1-13(14-6-5-11-18-12-14)19-22(20,21)16-9-7-15(8-10-16)17(2,3)4/h7-10,13-14,18-19H,5-6,11-12H2,1-4H3. The Morgan fingerprint density at radius 3 is 2.36 bits per heavy atom. The molecule has 2 rings (SSSR count). The van der Waals surface area contributed by atoms with Gasteiger partial charge in [0.1, 0.15) is 0 Å². The second kappa shape index (κ2) is 6.69. The maximum absolute atomic E-state index is 12.5. The van der Waals surface area contributed by atoms with E-state index in [1.165, 1.54) is 0 Å². The quantitative estimate of drug-likeness (QED) is 0.895. The molecule has 0 amide bonds. The Kier molecular flexibility index (Phi) is 5.30. The molecule has 2 atom stereocenters. The van der Waals surface area contributed by atoms with Gasteiger partial charge >= 0.3 is 0 Å². The van der Waals surface area contributed by atoms with Crippen LogP contribution in [0.2, 0.25) is 0 Å². The minimum Gasteiger partial charge on any atom is -0.316 e. The summed E-state index contributed by atoms with van der Waals surface area (Å²) in [4.78, 5) is 0.344. The van der Waals surface area contributed by atoms with Gasteiger partial charge in [0, 0.05) is 6.04 Å². The van der Waals surface area contributed by atoms with E-state index in [-0.39, 0.29) is 11.5 Å². The molecule has 0 spiro atoms. The Morgan fingerprint density at radius 1 is 1.23 bits per heavy atom. The fourth-order valence-corrected chi connectivity index (χ4v) is 4.16. The topological polar surface area (TPSA) is 58.2 Å². The summed E-state index contributed by atoms with van der Waals surface area (Å²) >= 11 is 0. The number of benzene rings is 1. The van der Waals surface area contributed by atoms with Gasteiger partial charge in [0.05, 0.1) is 4.90 Å². The van der Waals surface area contributed by atoms with E-state index in [0.29, 0.717) is 10.8 Å². The molecular formula is C17H28N2O2S. The highest BCUT2D eigenvalue weighted by Gasteiger charge is 2.25. The average molecular weight is 324 g/mol. The van der Waals surface area contributed by atoms with Crippen molar-refractivity contribution in [3.05, 3.63) is 29.8 Å². The highest BCUT2D eigenvalue weighted by atomic mass is 32.2. The zero-order valence-corrected chi connectivity index (χ0v) is 14.8. The van der Waals surface area contributed by atoms with Crippen molar-refractivity contribution in [3.8, 4) is 0 Å². The first-order chi connectivity index (χ1) is 10.2. The summed E-state index contributed by atoms with van der Waals surface area (Å²) < 4.78 is 27.9. The van der Waals surface area contributed by atoms with Crippen molar-refractivity contribution in [2.45, 2.75) is 56.9 Å². The van der Waals surface area contributed by atoms with Crippen LogP contribution in [0, 0.1) is 5.92 Å². The molecular weight excluding hydrogens is 296 g/mol. The van der Waals surface area contributed by atoms with Crippen LogP contribution < -0.4 is 10.0 Å². The molecule has 22 heavy (non-hydrogen) atoms. The van der Waals surface area contributed by atoms with Crippen molar-refractivity contribution in [3.63, 3.8) is 0 Å². The van der Waals surface area contributed by atoms with Crippen LogP contribution >= 0.6 is 0 Å². The van der Waals surface area contributed by atoms with Gasteiger partial charge in [0.2, 0.25) is 10.0 Å². The van der Waals surface area contributed by atoms with Gasteiger partial charge in [-0.3, -0.25) is 0 Å². The lowest BCUT2D eigenvalue weighted by molar-refractivity contribution is 0.320. The molecule has 1 aliphatic rings. The summed E-state index contributed by atoms with van der Waals surface area (Å²) in [5.74, 6) is 0.359. The van der Waals surface area contributed by atoms with Crippen LogP contribution in [0.25, 0.3) is 0 Å². The Labute approximate surface area is 134 Å². The van der Waals surface area contributed by atoms with Crippen LogP contribution in [0.4, 0.5) is 0 Å². The van der Waals surface area contributed by atoms with Crippen LogP contribution in [0.1, 0.15) is 46.1 Å². The van der Waals surface area contributed by atoms with Gasteiger partial charge in [0.25, 0.3) is 0 Å². The van der Waals surface area contributed by atoms with Gasteiger partial charge in [-0.1, -0.05) is 32.9 Å². The second-order valence-electron chi connectivity index (χ2n) is 7.29. The summed E-state index contributed by atoms with van der Waals surface area (Å²) in [7, 11) is -3.45. The first-order valence-corrected chi connectivity index (χ1v) is 9.52. The van der Waals surface area contributed by atoms with Gasteiger partial charge < -0.3 is 5.32 Å². The molecule has 1 fully saturated rings. The lowest BCUT2D eigenvalue weighted by Gasteiger charge is -2.28. The number of nitrogens with one attached hydrogen (secondary N) is 2. The lowest BCUT2D eigenvalue weighted by atomic mass is 9.87. The van der Waals surface area contributed by atoms with Crippen molar-refractivity contribution >= 4 is 10.0 Å². The van der Waals surface area contributed by atoms with E-state index in [1.54, 1.807) is 12.1 Å². The Morgan fingerprint density at radius 2 is 1.86 bits per heavy atom. The molecule has 0 radical (unpaired) electrons. The molecule has 0 saturated carbocycles. The van der Waals surface area contributed by atoms with Crippen LogP contribution in [0.3, 0.4) is 0 Å². The Hall–Kier alpha value is -0.910. The van der Waals surface area contributed by atoms with Crippen molar-refractivity contribution in [2.24, 2.45) is 5.92 Å². The molecule has 0 bridgehead atoms. The van der Waals surface area contributed by atoms with Crippen LogP contribution in [0.15, 0.2) is 29.2 Å². The molecule has 124 valence electrons. The largest absolute Gasteiger partial charge is 0.316 e. The van der Waals surface area contributed by atoms with Gasteiger partial charge in [-0.25, -0.2) is 13.1 Å². The highest BCUT2D eigenvalue weighted by Crippen LogP contribution is 2.24. The zero-order chi connectivity index (χ0) is 16.4. The maximum atomic E-state index is 12.5. The lowest BCUT2D eigenvalue weighted by Crippen LogP contribution is -2.44. The number of piperidine rings is 1. The number of hydrogen-bond donors (Lipinski definition) is 2. The van der Waals surface area contributed by atoms with Gasteiger partial charge in [-0.2, -0.15) is 0 Å². The minimum atomic E-state index is -3.45. The van der Waals surface area contributed by atoms with Crippen LogP contribution in [-0.2, 0) is 15.4 Å². The first kappa shape index (κ1) is 17.4. The normalized spacial score (nSPS) is 21.5. The minimum absolute atomic E-state index is 0.0246. The monoisotopic (exact) mass is 324 g/mol. The van der Waals surface area contributed by atoms with Crippen LogP contribution in [0.5, 0.6) is 0 Å². The fraction of sp³-hybridized carbons (Fsp3) is 0.647. The SMILES string of the molecule is CC(NS(=O)(=O)c1ccc(C(C)(C)C)cc1)C1CCCNC1. The van der Waals surface area contributed by atoms with E-state index in [1.807, 2.05) is 19.1 Å². The molecule has 1 heterocycles. The van der Waals surface area contributed by atoms with Crippen molar-refractivity contribution in [2.75, 3.05) is 13.1 Å². The molecule has 2 unspecified atom stereocenters. The van der Waals surface area contributed by atoms with Crippen LogP contribution in [-0.4, -0.2) is 27.5 Å². The van der Waals surface area contributed by atoms with E-state index in [2.05, 4.69) is 30.8 Å². The summed E-state index contributed by atoms with van der Waals surface area (Å²) in [6.45, 7) is 10.2. The molecule has 1 saturated heterocycles. The molecule has 1 aromatic carbocycles. The summed E-state index contributed by atoms with van der Waals surface area (Å²) in [5, 5.41) is 3.33. The smallest absolute Gasteiger partial charge is 0.240 e. The van der Waals surface area contributed by atoms with Crippen molar-refractivity contribution < 1.29 is 8.42 Å². The van der Waals surface area contributed by atoms with E-state index < -0.39 is 10.0 Å². The maximum Gasteiger partial charge on any atom is 0.240 e. The highest BCUT2D eigenvalue weighted by molar-refractivity contribution is 7.89. The van der Waals surface area contributed by atoms with Crippen molar-refractivity contribution in [1.82, 2.24) is 10.0 Å². The van der Waals surface area contributed by atoms with E-state index in [4.69, 9.17) is 0 Å². The van der Waals surface area contributed by atoms with Crippen molar-refractivity contribution in [1.29, 1.82) is 0 Å². The third-order valence-corrected chi connectivity index (χ3v) is 5.99. The molecule has 0 aromatic heterocycles. The first-order valence-electron chi connectivity index (χ1n) is 8.04. The van der Waals surface area contributed by atoms with Gasteiger partial charge in [-0.05, 0) is 61.9 Å². The molecule has 1 aliphatic heterocycles. The predicted octanol–water partition coefficient (Wildman–Crippen LogP) is 2.65. The third-order valence-electron chi connectivity index (χ3n) is 4.41. The van der Waals surface area contributed by atoms with E-state index in [0.717, 1.165) is 31.5 Å². The predicted molar refractivity (Wildman–Crippen MR) is 90.5 cm³/mol. The second-order valence-corrected chi connectivity index (χ2v) is 9.00. The summed E-state index contributed by atoms with van der Waals surface area (Å²) in [5.41, 5.74) is 1.16. The molecule has 4 nitrogen and oxygen atoms in total. The summed E-state index contributed by atoms with van der Waals surface area (Å²) in [6.07, 6.45) is 2.18. The molecule has 2 N–H and O–H groups in total. The fourth-order valence-electron chi connectivity index (χ4n) is 2.85. The van der Waals surface area contributed by atoms with E-state index in [9.17, 15) is 8.42 Å². The number of hydrogen-bond acceptors (Lipinski definition) is 3. The third kappa shape index (κ3) is 4.31. The van der Waals surface area contributed by atoms with Gasteiger partial charge in [-0.15, -0.1) is 0 Å². The van der Waals surface area contributed by atoms with Gasteiger partial charge in [0.15, 0.2) is 0 Å². The molecule has 5 heteroatoms. The summed E-state index contributed by atoms with van der Waals surface area (Å²) in [6, 6.07) is 7.16. The number of sulfonamides is 1.